The fourth-order valence-electron chi connectivity index (χ4n) is 1.42. The Morgan fingerprint density at radius 1 is 1.28 bits per heavy atom. The van der Waals surface area contributed by atoms with E-state index < -0.39 is 6.36 Å². The van der Waals surface area contributed by atoms with Crippen LogP contribution in [0.5, 0.6) is 5.75 Å². The van der Waals surface area contributed by atoms with Crippen molar-refractivity contribution in [3.05, 3.63) is 34.7 Å². The Hall–Kier alpha value is -1.60. The van der Waals surface area contributed by atoms with Crippen LogP contribution in [0.3, 0.4) is 0 Å². The van der Waals surface area contributed by atoms with Gasteiger partial charge < -0.3 is 10.5 Å². The van der Waals surface area contributed by atoms with Crippen LogP contribution in [0.15, 0.2) is 29.6 Å². The number of alkyl halides is 3. The Labute approximate surface area is 105 Å². The maximum absolute atomic E-state index is 12.2. The molecule has 0 aliphatic carbocycles. The minimum atomic E-state index is -4.72. The Kier molecular flexibility index (Phi) is 3.53. The maximum Gasteiger partial charge on any atom is 0.573 e. The average Bonchev–Trinajstić information content (AvgIpc) is 2.76. The molecule has 0 aliphatic rings. The lowest BCUT2D eigenvalue weighted by Crippen LogP contribution is -2.17. The highest BCUT2D eigenvalue weighted by molar-refractivity contribution is 7.09. The largest absolute Gasteiger partial charge is 0.573 e. The molecule has 18 heavy (non-hydrogen) atoms. The smallest absolute Gasteiger partial charge is 0.405 e. The van der Waals surface area contributed by atoms with Crippen LogP contribution in [0.4, 0.5) is 13.2 Å². The highest BCUT2D eigenvalue weighted by atomic mass is 32.1. The minimum Gasteiger partial charge on any atom is -0.405 e. The molecule has 0 aliphatic heterocycles. The average molecular weight is 274 g/mol. The van der Waals surface area contributed by atoms with Gasteiger partial charge in [-0.2, -0.15) is 0 Å². The van der Waals surface area contributed by atoms with Crippen molar-refractivity contribution in [1.82, 2.24) is 4.98 Å². The zero-order valence-electron chi connectivity index (χ0n) is 9.07. The lowest BCUT2D eigenvalue weighted by Gasteiger charge is -2.11. The van der Waals surface area contributed by atoms with Gasteiger partial charge in [0.1, 0.15) is 10.8 Å². The van der Waals surface area contributed by atoms with Crippen molar-refractivity contribution in [3.8, 4) is 17.0 Å². The van der Waals surface area contributed by atoms with Gasteiger partial charge in [0.2, 0.25) is 0 Å². The monoisotopic (exact) mass is 274 g/mol. The van der Waals surface area contributed by atoms with Crippen LogP contribution in [0.1, 0.15) is 5.01 Å². The highest BCUT2D eigenvalue weighted by Crippen LogP contribution is 2.33. The van der Waals surface area contributed by atoms with E-state index in [4.69, 9.17) is 5.73 Å². The molecule has 2 N–H and O–H groups in total. The van der Waals surface area contributed by atoms with Crippen molar-refractivity contribution in [1.29, 1.82) is 0 Å². The summed E-state index contributed by atoms with van der Waals surface area (Å²) in [7, 11) is 0. The Bertz CT molecular complexity index is 539. The van der Waals surface area contributed by atoms with Gasteiger partial charge in [0, 0.05) is 17.5 Å². The van der Waals surface area contributed by atoms with Crippen LogP contribution in [-0.4, -0.2) is 11.3 Å². The number of thiazole rings is 1. The third kappa shape index (κ3) is 2.99. The fourth-order valence-corrected chi connectivity index (χ4v) is 2.09. The summed E-state index contributed by atoms with van der Waals surface area (Å²) in [6, 6.07) is 5.88. The molecule has 0 radical (unpaired) electrons. The van der Waals surface area contributed by atoms with Crippen LogP contribution < -0.4 is 10.5 Å². The second-order valence-electron chi connectivity index (χ2n) is 3.37. The van der Waals surface area contributed by atoms with Crippen molar-refractivity contribution < 1.29 is 17.9 Å². The summed E-state index contributed by atoms with van der Waals surface area (Å²) < 4.78 is 40.7. The number of nitrogens with two attached hydrogens (primary N) is 1. The van der Waals surface area contributed by atoms with Crippen LogP contribution in [0.25, 0.3) is 11.3 Å². The Morgan fingerprint density at radius 2 is 2.00 bits per heavy atom. The second kappa shape index (κ2) is 4.95. The van der Waals surface area contributed by atoms with Crippen molar-refractivity contribution in [2.24, 2.45) is 5.73 Å². The van der Waals surface area contributed by atoms with Crippen molar-refractivity contribution >= 4 is 11.3 Å². The van der Waals surface area contributed by atoms with Crippen LogP contribution in [0.2, 0.25) is 0 Å². The number of ether oxygens (including phenoxy) is 1. The molecule has 0 spiro atoms. The highest BCUT2D eigenvalue weighted by Gasteiger charge is 2.32. The zero-order valence-corrected chi connectivity index (χ0v) is 9.89. The molecule has 0 amide bonds. The zero-order chi connectivity index (χ0) is 13.2. The normalized spacial score (nSPS) is 11.6. The molecule has 1 aromatic heterocycles. The molecular weight excluding hydrogens is 265 g/mol. The van der Waals surface area contributed by atoms with E-state index in [2.05, 4.69) is 9.72 Å². The number of hydrogen-bond acceptors (Lipinski definition) is 4. The summed E-state index contributed by atoms with van der Waals surface area (Å²) in [6.07, 6.45) is -4.72. The molecule has 0 saturated carbocycles. The van der Waals surface area contributed by atoms with Crippen LogP contribution in [0, 0.1) is 0 Å². The molecule has 0 bridgehead atoms. The summed E-state index contributed by atoms with van der Waals surface area (Å²) in [5, 5.41) is 2.31. The number of para-hydroxylation sites is 1. The van der Waals surface area contributed by atoms with E-state index in [-0.39, 0.29) is 12.3 Å². The molecule has 96 valence electrons. The van der Waals surface area contributed by atoms with Gasteiger partial charge in [-0.05, 0) is 12.1 Å². The van der Waals surface area contributed by atoms with Gasteiger partial charge >= 0.3 is 6.36 Å². The third-order valence-electron chi connectivity index (χ3n) is 2.12. The maximum atomic E-state index is 12.2. The molecule has 7 heteroatoms. The Balaban J connectivity index is 2.38. The van der Waals surface area contributed by atoms with E-state index >= 15 is 0 Å². The van der Waals surface area contributed by atoms with Gasteiger partial charge in [0.05, 0.1) is 5.69 Å². The van der Waals surface area contributed by atoms with Crippen LogP contribution >= 0.6 is 11.3 Å². The summed E-state index contributed by atoms with van der Waals surface area (Å²) in [6.45, 7) is 0.257. The topological polar surface area (TPSA) is 48.1 Å². The van der Waals surface area contributed by atoms with E-state index in [0.29, 0.717) is 16.3 Å². The fraction of sp³-hybridized carbons (Fsp3) is 0.182. The van der Waals surface area contributed by atoms with Crippen molar-refractivity contribution in [2.75, 3.05) is 0 Å². The first-order chi connectivity index (χ1) is 8.49. The molecule has 2 rings (SSSR count). The number of rotatable bonds is 3. The molecular formula is C11H9F3N2OS. The summed E-state index contributed by atoms with van der Waals surface area (Å²) in [5.74, 6) is -0.265. The summed E-state index contributed by atoms with van der Waals surface area (Å²) >= 11 is 1.30. The molecule has 1 aromatic carbocycles. The van der Waals surface area contributed by atoms with E-state index in [1.807, 2.05) is 0 Å². The number of aromatic nitrogens is 1. The molecule has 3 nitrogen and oxygen atoms in total. The van der Waals surface area contributed by atoms with Crippen LogP contribution in [-0.2, 0) is 6.54 Å². The second-order valence-corrected chi connectivity index (χ2v) is 4.32. The third-order valence-corrected chi connectivity index (χ3v) is 2.99. The minimum absolute atomic E-state index is 0.257. The SMILES string of the molecule is NCc1nc(-c2ccccc2OC(F)(F)F)cs1. The standard InChI is InChI=1S/C11H9F3N2OS/c12-11(13,14)17-9-4-2-1-3-7(9)8-6-18-10(5-15)16-8/h1-4,6H,5,15H2. The quantitative estimate of drug-likeness (QED) is 0.935. The lowest BCUT2D eigenvalue weighted by molar-refractivity contribution is -0.274. The predicted octanol–water partition coefficient (Wildman–Crippen LogP) is 3.17. The number of nitrogens with zero attached hydrogens (tertiary/aromatic N) is 1. The molecule has 0 unspecified atom stereocenters. The first kappa shape index (κ1) is 12.8. The first-order valence-corrected chi connectivity index (χ1v) is 5.87. The van der Waals surface area contributed by atoms with Crippen molar-refractivity contribution in [3.63, 3.8) is 0 Å². The van der Waals surface area contributed by atoms with Gasteiger partial charge in [-0.3, -0.25) is 0 Å². The van der Waals surface area contributed by atoms with E-state index in [1.54, 1.807) is 11.4 Å². The first-order valence-electron chi connectivity index (χ1n) is 4.99. The van der Waals surface area contributed by atoms with E-state index in [1.165, 1.54) is 29.5 Å². The van der Waals surface area contributed by atoms with Crippen molar-refractivity contribution in [2.45, 2.75) is 12.9 Å². The summed E-state index contributed by atoms with van der Waals surface area (Å²) in [5.41, 5.74) is 6.15. The Morgan fingerprint density at radius 3 is 2.61 bits per heavy atom. The van der Waals surface area contributed by atoms with Gasteiger partial charge in [0.15, 0.2) is 0 Å². The van der Waals surface area contributed by atoms with Gasteiger partial charge in [-0.1, -0.05) is 12.1 Å². The number of benzene rings is 1. The van der Waals surface area contributed by atoms with Gasteiger partial charge in [-0.25, -0.2) is 4.98 Å². The number of halogens is 3. The van der Waals surface area contributed by atoms with E-state index in [9.17, 15) is 13.2 Å². The molecule has 0 saturated heterocycles. The van der Waals surface area contributed by atoms with Gasteiger partial charge in [0.25, 0.3) is 0 Å². The summed E-state index contributed by atoms with van der Waals surface area (Å²) in [4.78, 5) is 4.14. The predicted molar refractivity (Wildman–Crippen MR) is 62.1 cm³/mol. The van der Waals surface area contributed by atoms with Gasteiger partial charge in [-0.15, -0.1) is 24.5 Å². The number of hydrogen-bond donors (Lipinski definition) is 1. The molecule has 2 aromatic rings. The van der Waals surface area contributed by atoms with E-state index in [0.717, 1.165) is 0 Å². The lowest BCUT2D eigenvalue weighted by atomic mass is 10.1. The molecule has 0 fully saturated rings. The molecule has 0 atom stereocenters. The molecule has 1 heterocycles.